The summed E-state index contributed by atoms with van der Waals surface area (Å²) in [5, 5.41) is 0. The second-order valence-electron chi connectivity index (χ2n) is 4.33. The predicted molar refractivity (Wildman–Crippen MR) is 77.4 cm³/mol. The van der Waals surface area contributed by atoms with E-state index in [1.807, 2.05) is 23.6 Å². The summed E-state index contributed by atoms with van der Waals surface area (Å²) in [7, 11) is 0. The third-order valence-corrected chi connectivity index (χ3v) is 3.93. The summed E-state index contributed by atoms with van der Waals surface area (Å²) in [6.45, 7) is 1.15. The van der Waals surface area contributed by atoms with Crippen molar-refractivity contribution in [1.82, 2.24) is 5.43 Å². The Hall–Kier alpha value is -2.12. The van der Waals surface area contributed by atoms with Crippen molar-refractivity contribution >= 4 is 17.7 Å². The molecule has 2 aromatic rings. The molecule has 6 nitrogen and oxygen atoms in total. The fourth-order valence-corrected chi connectivity index (χ4v) is 2.74. The van der Waals surface area contributed by atoms with Crippen molar-refractivity contribution < 1.29 is 18.7 Å². The first-order chi connectivity index (χ1) is 10.3. The Bertz CT molecular complexity index is 656. The molecule has 110 valence electrons. The molecule has 1 aliphatic rings. The van der Waals surface area contributed by atoms with E-state index in [-0.39, 0.29) is 5.76 Å². The lowest BCUT2D eigenvalue weighted by Gasteiger charge is -2.18. The Kier molecular flexibility index (Phi) is 4.03. The molecule has 0 fully saturated rings. The average Bonchev–Trinajstić information content (AvgIpc) is 3.01. The van der Waals surface area contributed by atoms with Crippen LogP contribution in [0.5, 0.6) is 11.5 Å². The zero-order valence-electron chi connectivity index (χ0n) is 11.1. The van der Waals surface area contributed by atoms with Gasteiger partial charge in [0.2, 0.25) is 0 Å². The van der Waals surface area contributed by atoms with Gasteiger partial charge in [-0.05, 0) is 30.3 Å². The largest absolute Gasteiger partial charge is 0.486 e. The van der Waals surface area contributed by atoms with Gasteiger partial charge in [0, 0.05) is 4.90 Å². The van der Waals surface area contributed by atoms with Crippen LogP contribution in [0.2, 0.25) is 0 Å². The molecule has 0 saturated heterocycles. The number of hydrogen-bond acceptors (Lipinski definition) is 6. The Morgan fingerprint density at radius 1 is 1.19 bits per heavy atom. The van der Waals surface area contributed by atoms with Crippen molar-refractivity contribution in [3.05, 3.63) is 41.9 Å². The highest BCUT2D eigenvalue weighted by atomic mass is 32.2. The van der Waals surface area contributed by atoms with E-state index in [2.05, 4.69) is 0 Å². The van der Waals surface area contributed by atoms with E-state index >= 15 is 0 Å². The molecule has 0 radical (unpaired) electrons. The summed E-state index contributed by atoms with van der Waals surface area (Å²) >= 11 is 1.59. The molecule has 0 spiro atoms. The lowest BCUT2D eigenvalue weighted by molar-refractivity contribution is 0.0924. The van der Waals surface area contributed by atoms with Crippen LogP contribution in [0.3, 0.4) is 0 Å². The van der Waals surface area contributed by atoms with Gasteiger partial charge in [0.05, 0.1) is 5.75 Å². The molecule has 7 heteroatoms. The maximum atomic E-state index is 11.3. The van der Waals surface area contributed by atoms with E-state index in [1.54, 1.807) is 23.9 Å². The number of nitrogen functional groups attached to an aromatic ring is 1. The number of hydrazine groups is 1. The minimum atomic E-state index is -0.439. The summed E-state index contributed by atoms with van der Waals surface area (Å²) in [6.07, 6.45) is 0. The first-order valence-electron chi connectivity index (χ1n) is 6.38. The van der Waals surface area contributed by atoms with Crippen molar-refractivity contribution in [3.8, 4) is 11.5 Å². The Morgan fingerprint density at radius 2 is 2.00 bits per heavy atom. The number of fused-ring (bicyclic) bond motifs is 1. The normalized spacial score (nSPS) is 13.0. The van der Waals surface area contributed by atoms with Crippen molar-refractivity contribution in [3.63, 3.8) is 0 Å². The van der Waals surface area contributed by atoms with Gasteiger partial charge in [-0.3, -0.25) is 10.2 Å². The fraction of sp³-hybridized carbons (Fsp3) is 0.214. The maximum absolute atomic E-state index is 11.3. The number of nitrogens with two attached hydrogens (primary N) is 1. The molecule has 1 amide bonds. The third kappa shape index (κ3) is 3.14. The molecule has 3 rings (SSSR count). The van der Waals surface area contributed by atoms with Gasteiger partial charge < -0.3 is 13.9 Å². The van der Waals surface area contributed by atoms with E-state index in [0.29, 0.717) is 24.7 Å². The highest BCUT2D eigenvalue weighted by Crippen LogP contribution is 2.35. The Labute approximate surface area is 125 Å². The second kappa shape index (κ2) is 6.11. The van der Waals surface area contributed by atoms with Gasteiger partial charge in [-0.1, -0.05) is 0 Å². The Morgan fingerprint density at radius 3 is 2.81 bits per heavy atom. The third-order valence-electron chi connectivity index (χ3n) is 2.91. The zero-order chi connectivity index (χ0) is 14.7. The van der Waals surface area contributed by atoms with Crippen LogP contribution in [-0.4, -0.2) is 19.1 Å². The molecule has 0 saturated carbocycles. The molecule has 1 aromatic heterocycles. The van der Waals surface area contributed by atoms with Crippen LogP contribution in [0.4, 0.5) is 0 Å². The van der Waals surface area contributed by atoms with Crippen LogP contribution in [0, 0.1) is 0 Å². The van der Waals surface area contributed by atoms with Gasteiger partial charge in [0.25, 0.3) is 0 Å². The topological polar surface area (TPSA) is 86.7 Å². The first-order valence-corrected chi connectivity index (χ1v) is 7.37. The number of hydrogen-bond donors (Lipinski definition) is 2. The number of furan rings is 1. The van der Waals surface area contributed by atoms with E-state index in [4.69, 9.17) is 19.7 Å². The number of benzene rings is 1. The van der Waals surface area contributed by atoms with Crippen molar-refractivity contribution in [2.75, 3.05) is 13.2 Å². The quantitative estimate of drug-likeness (QED) is 0.388. The molecular formula is C14H14N2O4S. The van der Waals surface area contributed by atoms with E-state index in [0.717, 1.165) is 16.4 Å². The van der Waals surface area contributed by atoms with Gasteiger partial charge >= 0.3 is 5.91 Å². The molecule has 1 aliphatic heterocycles. The number of carbonyl (C=O) groups excluding carboxylic acids is 1. The molecule has 0 unspecified atom stereocenters. The molecule has 1 aromatic carbocycles. The van der Waals surface area contributed by atoms with Crippen LogP contribution in [0.15, 0.2) is 39.6 Å². The van der Waals surface area contributed by atoms with E-state index in [1.165, 1.54) is 0 Å². The number of rotatable bonds is 4. The number of amides is 1. The predicted octanol–water partition coefficient (Wildman–Crippen LogP) is 1.95. The summed E-state index contributed by atoms with van der Waals surface area (Å²) in [4.78, 5) is 12.3. The van der Waals surface area contributed by atoms with Crippen LogP contribution in [0.1, 0.15) is 16.3 Å². The highest BCUT2D eigenvalue weighted by Gasteiger charge is 2.13. The molecule has 0 aliphatic carbocycles. The number of ether oxygens (including phenoxy) is 2. The molecular weight excluding hydrogens is 292 g/mol. The summed E-state index contributed by atoms with van der Waals surface area (Å²) in [5.41, 5.74) is 2.03. The molecule has 3 N–H and O–H groups in total. The summed E-state index contributed by atoms with van der Waals surface area (Å²) in [6, 6.07) is 9.16. The average molecular weight is 306 g/mol. The minimum absolute atomic E-state index is 0.204. The monoisotopic (exact) mass is 306 g/mol. The van der Waals surface area contributed by atoms with Gasteiger partial charge in [-0.15, -0.1) is 11.8 Å². The van der Waals surface area contributed by atoms with Crippen LogP contribution < -0.4 is 20.7 Å². The lowest BCUT2D eigenvalue weighted by Crippen LogP contribution is -2.29. The number of nitrogens with one attached hydrogen (secondary N) is 1. The molecule has 0 bridgehead atoms. The van der Waals surface area contributed by atoms with Crippen molar-refractivity contribution in [2.45, 2.75) is 10.6 Å². The fourth-order valence-electron chi connectivity index (χ4n) is 1.92. The second-order valence-corrected chi connectivity index (χ2v) is 5.38. The smallest absolute Gasteiger partial charge is 0.300 e. The van der Waals surface area contributed by atoms with Gasteiger partial charge in [-0.25, -0.2) is 5.84 Å². The van der Waals surface area contributed by atoms with Crippen molar-refractivity contribution in [1.29, 1.82) is 0 Å². The van der Waals surface area contributed by atoms with Gasteiger partial charge in [0.15, 0.2) is 17.3 Å². The summed E-state index contributed by atoms with van der Waals surface area (Å²) < 4.78 is 16.4. The van der Waals surface area contributed by atoms with Gasteiger partial charge in [0.1, 0.15) is 19.0 Å². The van der Waals surface area contributed by atoms with E-state index in [9.17, 15) is 4.79 Å². The maximum Gasteiger partial charge on any atom is 0.300 e. The first kappa shape index (κ1) is 13.8. The zero-order valence-corrected chi connectivity index (χ0v) is 11.9. The molecule has 0 atom stereocenters. The highest BCUT2D eigenvalue weighted by molar-refractivity contribution is 7.98. The standard InChI is InChI=1S/C14H14N2O4S/c15-16-14(17)12-3-1-9(20-12)8-21-10-2-4-11-13(7-10)19-6-5-18-11/h1-4,7H,5-6,8,15H2,(H,16,17). The SMILES string of the molecule is NNC(=O)c1ccc(CSc2ccc3c(c2)OCCO3)o1. The lowest BCUT2D eigenvalue weighted by atomic mass is 10.3. The Balaban J connectivity index is 1.65. The van der Waals surface area contributed by atoms with Crippen LogP contribution >= 0.6 is 11.8 Å². The molecule has 2 heterocycles. The van der Waals surface area contributed by atoms with E-state index < -0.39 is 5.91 Å². The summed E-state index contributed by atoms with van der Waals surface area (Å²) in [5.74, 6) is 7.66. The minimum Gasteiger partial charge on any atom is -0.486 e. The number of carbonyl (C=O) groups is 1. The van der Waals surface area contributed by atoms with Gasteiger partial charge in [-0.2, -0.15) is 0 Å². The molecule has 21 heavy (non-hydrogen) atoms. The number of thioether (sulfide) groups is 1. The van der Waals surface area contributed by atoms with Crippen LogP contribution in [0.25, 0.3) is 0 Å². The van der Waals surface area contributed by atoms with Crippen molar-refractivity contribution in [2.24, 2.45) is 5.84 Å². The van der Waals surface area contributed by atoms with Crippen LogP contribution in [-0.2, 0) is 5.75 Å².